The van der Waals surface area contributed by atoms with Crippen molar-refractivity contribution in [3.63, 3.8) is 0 Å². The summed E-state index contributed by atoms with van der Waals surface area (Å²) in [6, 6.07) is 7.33. The summed E-state index contributed by atoms with van der Waals surface area (Å²) in [4.78, 5) is 26.7. The zero-order valence-corrected chi connectivity index (χ0v) is 15.6. The summed E-state index contributed by atoms with van der Waals surface area (Å²) >= 11 is 0. The largest absolute Gasteiger partial charge is 0.382 e. The fourth-order valence-electron chi connectivity index (χ4n) is 3.18. The Hall–Kier alpha value is -3.50. The van der Waals surface area contributed by atoms with Crippen LogP contribution in [0.5, 0.6) is 0 Å². The minimum absolute atomic E-state index is 0.300. The molecule has 0 saturated carbocycles. The third-order valence-electron chi connectivity index (χ3n) is 4.90. The number of amides is 1. The van der Waals surface area contributed by atoms with Crippen LogP contribution in [0.25, 0.3) is 22.3 Å². The molecule has 1 atom stereocenters. The fraction of sp³-hybridized carbons (Fsp3) is 0.238. The number of hydrogen-bond acceptors (Lipinski definition) is 6. The Morgan fingerprint density at radius 2 is 2.11 bits per heavy atom. The Balaban J connectivity index is 1.71. The Morgan fingerprint density at radius 1 is 1.29 bits per heavy atom. The molecule has 7 nitrogen and oxygen atoms in total. The zero-order valence-electron chi connectivity index (χ0n) is 15.6. The van der Waals surface area contributed by atoms with E-state index in [4.69, 9.17) is 5.73 Å². The van der Waals surface area contributed by atoms with E-state index in [0.29, 0.717) is 35.7 Å². The van der Waals surface area contributed by atoms with E-state index in [1.54, 1.807) is 19.4 Å². The van der Waals surface area contributed by atoms with Crippen molar-refractivity contribution in [3.05, 3.63) is 47.8 Å². The van der Waals surface area contributed by atoms with E-state index in [-0.39, 0.29) is 5.91 Å². The van der Waals surface area contributed by atoms with Gasteiger partial charge in [-0.15, -0.1) is 0 Å². The molecule has 1 aliphatic rings. The van der Waals surface area contributed by atoms with Gasteiger partial charge in [-0.25, -0.2) is 15.0 Å². The first-order valence-corrected chi connectivity index (χ1v) is 8.87. The number of benzene rings is 1. The number of aromatic nitrogens is 3. The molecule has 7 heteroatoms. The number of nitrogens with two attached hydrogens (primary N) is 1. The summed E-state index contributed by atoms with van der Waals surface area (Å²) in [7, 11) is 1.65. The number of likely N-dealkylation sites (N-methyl/N-ethyl adjacent to an activating group) is 1. The summed E-state index contributed by atoms with van der Waals surface area (Å²) in [5, 5.41) is 11.3. The molecule has 0 spiro atoms. The van der Waals surface area contributed by atoms with Gasteiger partial charge in [0.2, 0.25) is 5.60 Å². The van der Waals surface area contributed by atoms with Crippen molar-refractivity contribution in [3.8, 4) is 23.2 Å². The monoisotopic (exact) mass is 373 g/mol. The third kappa shape index (κ3) is 3.04. The van der Waals surface area contributed by atoms with Gasteiger partial charge in [0.05, 0.1) is 0 Å². The average molecular weight is 373 g/mol. The molecule has 4 rings (SSSR count). The van der Waals surface area contributed by atoms with E-state index < -0.39 is 5.60 Å². The molecule has 1 unspecified atom stereocenters. The Morgan fingerprint density at radius 3 is 2.86 bits per heavy atom. The molecule has 1 saturated heterocycles. The van der Waals surface area contributed by atoms with Gasteiger partial charge in [-0.05, 0) is 24.6 Å². The van der Waals surface area contributed by atoms with Gasteiger partial charge in [-0.1, -0.05) is 24.0 Å². The number of hydrogen-bond donors (Lipinski definition) is 2. The summed E-state index contributed by atoms with van der Waals surface area (Å²) in [6.07, 6.45) is 3.73. The van der Waals surface area contributed by atoms with Crippen LogP contribution in [0, 0.1) is 18.8 Å². The van der Waals surface area contributed by atoms with Crippen LogP contribution < -0.4 is 5.73 Å². The first-order valence-electron chi connectivity index (χ1n) is 8.87. The second-order valence-corrected chi connectivity index (χ2v) is 6.95. The summed E-state index contributed by atoms with van der Waals surface area (Å²) in [6.45, 7) is 2.42. The highest BCUT2D eigenvalue weighted by Gasteiger charge is 2.42. The minimum atomic E-state index is -1.62. The fourth-order valence-corrected chi connectivity index (χ4v) is 3.18. The molecule has 2 aromatic heterocycles. The van der Waals surface area contributed by atoms with Gasteiger partial charge < -0.3 is 15.7 Å². The predicted octanol–water partition coefficient (Wildman–Crippen LogP) is 1.53. The van der Waals surface area contributed by atoms with Crippen molar-refractivity contribution in [2.24, 2.45) is 0 Å². The number of fused-ring (bicyclic) bond motifs is 1. The molecule has 28 heavy (non-hydrogen) atoms. The van der Waals surface area contributed by atoms with Gasteiger partial charge in [-0.3, -0.25) is 4.79 Å². The molecule has 0 radical (unpaired) electrons. The maximum atomic E-state index is 12.1. The highest BCUT2D eigenvalue weighted by atomic mass is 16.3. The van der Waals surface area contributed by atoms with Crippen molar-refractivity contribution in [1.29, 1.82) is 0 Å². The van der Waals surface area contributed by atoms with E-state index in [1.807, 2.05) is 31.2 Å². The molecule has 1 aromatic carbocycles. The SMILES string of the molecule is Cc1cnc(N)c2nc(-c3cccc(C#CC4(O)CCN(C)C4=O)c3)ncc12. The Labute approximate surface area is 162 Å². The average Bonchev–Trinajstić information content (AvgIpc) is 2.97. The number of rotatable bonds is 1. The van der Waals surface area contributed by atoms with Gasteiger partial charge >= 0.3 is 0 Å². The van der Waals surface area contributed by atoms with Gasteiger partial charge in [0, 0.05) is 48.9 Å². The number of carbonyl (C=O) groups is 1. The Kier molecular flexibility index (Phi) is 4.21. The second-order valence-electron chi connectivity index (χ2n) is 6.95. The lowest BCUT2D eigenvalue weighted by Gasteiger charge is -2.13. The van der Waals surface area contributed by atoms with Crippen molar-refractivity contribution in [2.45, 2.75) is 18.9 Å². The van der Waals surface area contributed by atoms with Crippen LogP contribution in [-0.4, -0.2) is 50.1 Å². The molecule has 1 fully saturated rings. The topological polar surface area (TPSA) is 105 Å². The van der Waals surface area contributed by atoms with Crippen LogP contribution in [0.4, 0.5) is 5.82 Å². The highest BCUT2D eigenvalue weighted by Crippen LogP contribution is 2.24. The van der Waals surface area contributed by atoms with Crippen LogP contribution in [0.3, 0.4) is 0 Å². The van der Waals surface area contributed by atoms with Crippen molar-refractivity contribution >= 4 is 22.6 Å². The van der Waals surface area contributed by atoms with Crippen LogP contribution in [0.2, 0.25) is 0 Å². The number of carbonyl (C=O) groups excluding carboxylic acids is 1. The first-order chi connectivity index (χ1) is 13.4. The van der Waals surface area contributed by atoms with E-state index in [9.17, 15) is 9.90 Å². The van der Waals surface area contributed by atoms with Gasteiger partial charge in [0.1, 0.15) is 11.3 Å². The molecule has 0 aliphatic carbocycles. The number of nitrogens with zero attached hydrogens (tertiary/aromatic N) is 4. The molecular formula is C21H19N5O2. The Bertz CT molecular complexity index is 1160. The number of aryl methyl sites for hydroxylation is 1. The number of pyridine rings is 1. The lowest BCUT2D eigenvalue weighted by atomic mass is 10.0. The number of aliphatic hydroxyl groups is 1. The second kappa shape index (κ2) is 6.59. The maximum absolute atomic E-state index is 12.1. The van der Waals surface area contributed by atoms with Gasteiger partial charge in [0.25, 0.3) is 5.91 Å². The molecule has 3 heterocycles. The van der Waals surface area contributed by atoms with Crippen LogP contribution in [0.1, 0.15) is 17.5 Å². The summed E-state index contributed by atoms with van der Waals surface area (Å²) in [5.74, 6) is 6.12. The van der Waals surface area contributed by atoms with Crippen LogP contribution in [-0.2, 0) is 4.79 Å². The van der Waals surface area contributed by atoms with Crippen LogP contribution >= 0.6 is 0 Å². The first kappa shape index (κ1) is 17.9. The van der Waals surface area contributed by atoms with Crippen molar-refractivity contribution in [2.75, 3.05) is 19.3 Å². The van der Waals surface area contributed by atoms with Crippen molar-refractivity contribution in [1.82, 2.24) is 19.9 Å². The van der Waals surface area contributed by atoms with E-state index in [1.165, 1.54) is 4.90 Å². The molecule has 1 aliphatic heterocycles. The summed E-state index contributed by atoms with van der Waals surface area (Å²) in [5.41, 5.74) is 7.33. The van der Waals surface area contributed by atoms with E-state index in [0.717, 1.165) is 16.5 Å². The highest BCUT2D eigenvalue weighted by molar-refractivity contribution is 5.91. The predicted molar refractivity (Wildman–Crippen MR) is 106 cm³/mol. The third-order valence-corrected chi connectivity index (χ3v) is 4.90. The van der Waals surface area contributed by atoms with E-state index >= 15 is 0 Å². The molecule has 1 amide bonds. The molecule has 3 N–H and O–H groups in total. The number of likely N-dealkylation sites (tertiary alicyclic amines) is 1. The zero-order chi connectivity index (χ0) is 19.9. The standard InChI is InChI=1S/C21H19N5O2/c1-13-11-23-18(22)17-16(13)12-24-19(25-17)15-5-3-4-14(10-15)6-7-21(28)8-9-26(2)20(21)27/h3-5,10-12,28H,8-9H2,1-2H3,(H2,22,23). The normalized spacial score (nSPS) is 19.0. The lowest BCUT2D eigenvalue weighted by Crippen LogP contribution is -2.37. The van der Waals surface area contributed by atoms with Crippen LogP contribution in [0.15, 0.2) is 36.7 Å². The lowest BCUT2D eigenvalue weighted by molar-refractivity contribution is -0.137. The van der Waals surface area contributed by atoms with E-state index in [2.05, 4.69) is 26.8 Å². The van der Waals surface area contributed by atoms with Crippen molar-refractivity contribution < 1.29 is 9.90 Å². The summed E-state index contributed by atoms with van der Waals surface area (Å²) < 4.78 is 0. The van der Waals surface area contributed by atoms with Gasteiger partial charge in [-0.2, -0.15) is 0 Å². The number of anilines is 1. The molecular weight excluding hydrogens is 354 g/mol. The molecule has 140 valence electrons. The quantitative estimate of drug-likeness (QED) is 0.627. The molecule has 0 bridgehead atoms. The molecule has 3 aromatic rings. The maximum Gasteiger partial charge on any atom is 0.267 e. The minimum Gasteiger partial charge on any atom is -0.382 e. The number of nitrogen functional groups attached to an aromatic ring is 1. The smallest absolute Gasteiger partial charge is 0.267 e. The van der Waals surface area contributed by atoms with Gasteiger partial charge in [0.15, 0.2) is 5.82 Å².